The molecule has 3 heterocycles. The van der Waals surface area contributed by atoms with Crippen molar-refractivity contribution in [2.24, 2.45) is 22.9 Å². The van der Waals surface area contributed by atoms with E-state index in [0.717, 1.165) is 12.8 Å². The first-order chi connectivity index (χ1) is 20.2. The Morgan fingerprint density at radius 2 is 1.43 bits per heavy atom. The summed E-state index contributed by atoms with van der Waals surface area (Å²) in [6.45, 7) is 4.64. The highest BCUT2D eigenvalue weighted by Gasteiger charge is 2.29. The van der Waals surface area contributed by atoms with Crippen molar-refractivity contribution in [2.45, 2.75) is 43.9 Å². The third kappa shape index (κ3) is 7.15. The number of carbonyl (C=O) groups is 1. The number of nitrogens with two attached hydrogens (primary N) is 4. The molecule has 0 aliphatic carbocycles. The number of nitrogens with zero attached hydrogens (tertiary/aromatic N) is 5. The monoisotopic (exact) mass is 577 g/mol. The van der Waals surface area contributed by atoms with E-state index < -0.39 is 0 Å². The van der Waals surface area contributed by atoms with Crippen LogP contribution in [0.3, 0.4) is 0 Å². The van der Waals surface area contributed by atoms with Gasteiger partial charge < -0.3 is 53.2 Å². The lowest BCUT2D eigenvalue weighted by Gasteiger charge is -2.37. The molecule has 1 aromatic heterocycles. The average molecular weight is 578 g/mol. The van der Waals surface area contributed by atoms with Gasteiger partial charge in [-0.1, -0.05) is 0 Å². The van der Waals surface area contributed by atoms with Crippen LogP contribution in [0.5, 0.6) is 11.5 Å². The highest BCUT2D eigenvalue weighted by molar-refractivity contribution is 6.05. The van der Waals surface area contributed by atoms with E-state index in [1.54, 1.807) is 36.4 Å². The fourth-order valence-electron chi connectivity index (χ4n) is 5.28. The lowest BCUT2D eigenvalue weighted by Crippen LogP contribution is -2.54. The van der Waals surface area contributed by atoms with Crippen LogP contribution in [-0.4, -0.2) is 82.9 Å². The van der Waals surface area contributed by atoms with Crippen LogP contribution in [-0.2, 0) is 0 Å². The average Bonchev–Trinajstić information content (AvgIpc) is 2.94. The normalized spacial score (nSPS) is 22.5. The summed E-state index contributed by atoms with van der Waals surface area (Å²) in [6.07, 6.45) is 1.44. The number of aromatic hydroxyl groups is 1. The summed E-state index contributed by atoms with van der Waals surface area (Å²) >= 11 is 0. The molecule has 14 heteroatoms. The highest BCUT2D eigenvalue weighted by Crippen LogP contribution is 2.30. The number of carbonyl (C=O) groups excluding carboxylic acids is 1. The summed E-state index contributed by atoms with van der Waals surface area (Å²) in [7, 11) is 0. The van der Waals surface area contributed by atoms with Crippen LogP contribution in [0.1, 0.15) is 30.1 Å². The Kier molecular flexibility index (Phi) is 8.87. The summed E-state index contributed by atoms with van der Waals surface area (Å²) in [4.78, 5) is 30.7. The molecule has 2 fully saturated rings. The van der Waals surface area contributed by atoms with Gasteiger partial charge in [0.05, 0.1) is 12.3 Å². The van der Waals surface area contributed by atoms with E-state index in [1.807, 2.05) is 16.7 Å². The van der Waals surface area contributed by atoms with Gasteiger partial charge in [-0.3, -0.25) is 4.79 Å². The van der Waals surface area contributed by atoms with Crippen LogP contribution < -0.4 is 48.1 Å². The summed E-state index contributed by atoms with van der Waals surface area (Å²) in [5.41, 5.74) is 26.1. The van der Waals surface area contributed by atoms with Crippen LogP contribution in [0, 0.1) is 0 Å². The Labute approximate surface area is 244 Å². The Hall–Kier alpha value is -4.24. The number of phenols is 1. The van der Waals surface area contributed by atoms with E-state index in [4.69, 9.17) is 32.7 Å². The molecule has 3 aromatic rings. The molecule has 42 heavy (non-hydrogen) atoms. The van der Waals surface area contributed by atoms with Gasteiger partial charge in [-0.25, -0.2) is 0 Å². The van der Waals surface area contributed by atoms with Crippen molar-refractivity contribution < 1.29 is 14.6 Å². The molecule has 4 atom stereocenters. The molecule has 0 saturated carbocycles. The fraction of sp³-hybridized carbons (Fsp3) is 0.429. The molecule has 11 N–H and O–H groups in total. The molecule has 2 aromatic carbocycles. The first-order valence-corrected chi connectivity index (χ1v) is 14.1. The number of hydrogen-bond donors (Lipinski definition) is 7. The van der Waals surface area contributed by atoms with E-state index >= 15 is 0 Å². The van der Waals surface area contributed by atoms with E-state index in [-0.39, 0.29) is 47.5 Å². The van der Waals surface area contributed by atoms with E-state index in [0.29, 0.717) is 61.7 Å². The number of amides is 1. The van der Waals surface area contributed by atoms with Crippen molar-refractivity contribution in [3.8, 4) is 11.5 Å². The SMILES string of the molecule is CCOc1ccc(C(=O)Nc2ccc(Nc3nc(N4C[C@H](N)C[C@H](N)C4)nc(N4C[C@H](N)C[C@H](N)C4)n3)cc2O)cc1. The van der Waals surface area contributed by atoms with Crippen molar-refractivity contribution in [2.75, 3.05) is 53.2 Å². The topological polar surface area (TPSA) is 220 Å². The molecule has 2 aliphatic rings. The number of nitrogens with one attached hydrogen (secondary N) is 2. The zero-order valence-electron chi connectivity index (χ0n) is 23.6. The zero-order chi connectivity index (χ0) is 29.8. The number of piperidine rings is 2. The van der Waals surface area contributed by atoms with Gasteiger partial charge in [0, 0.05) is 67.7 Å². The zero-order valence-corrected chi connectivity index (χ0v) is 23.6. The van der Waals surface area contributed by atoms with Gasteiger partial charge in [-0.15, -0.1) is 0 Å². The third-order valence-electron chi connectivity index (χ3n) is 7.14. The first kappa shape index (κ1) is 29.3. The summed E-state index contributed by atoms with van der Waals surface area (Å²) in [6, 6.07) is 11.1. The lowest BCUT2D eigenvalue weighted by molar-refractivity contribution is 0.102. The number of phenolic OH excluding ortho intramolecular Hbond substituents is 1. The number of rotatable bonds is 8. The predicted octanol–water partition coefficient (Wildman–Crippen LogP) is 0.701. The Balaban J connectivity index is 1.36. The van der Waals surface area contributed by atoms with Crippen LogP contribution in [0.25, 0.3) is 0 Å². The van der Waals surface area contributed by atoms with Gasteiger partial charge >= 0.3 is 0 Å². The molecule has 2 saturated heterocycles. The maximum Gasteiger partial charge on any atom is 0.255 e. The Bertz CT molecular complexity index is 1330. The van der Waals surface area contributed by atoms with Crippen LogP contribution in [0.15, 0.2) is 42.5 Å². The van der Waals surface area contributed by atoms with Crippen molar-refractivity contribution in [3.63, 3.8) is 0 Å². The maximum absolute atomic E-state index is 12.7. The number of anilines is 5. The van der Waals surface area contributed by atoms with E-state index in [9.17, 15) is 9.90 Å². The third-order valence-corrected chi connectivity index (χ3v) is 7.14. The minimum atomic E-state index is -0.364. The van der Waals surface area contributed by atoms with Crippen molar-refractivity contribution in [3.05, 3.63) is 48.0 Å². The summed E-state index contributed by atoms with van der Waals surface area (Å²) in [5, 5.41) is 16.6. The largest absolute Gasteiger partial charge is 0.506 e. The molecule has 224 valence electrons. The molecule has 0 bridgehead atoms. The second-order valence-electron chi connectivity index (χ2n) is 10.8. The van der Waals surface area contributed by atoms with Crippen molar-refractivity contribution in [1.82, 2.24) is 15.0 Å². The highest BCUT2D eigenvalue weighted by atomic mass is 16.5. The number of hydrogen-bond acceptors (Lipinski definition) is 13. The molecular weight excluding hydrogens is 538 g/mol. The first-order valence-electron chi connectivity index (χ1n) is 14.1. The summed E-state index contributed by atoms with van der Waals surface area (Å²) in [5.74, 6) is 1.31. The number of aromatic nitrogens is 3. The molecule has 5 rings (SSSR count). The van der Waals surface area contributed by atoms with Gasteiger partial charge in [0.1, 0.15) is 11.5 Å². The fourth-order valence-corrected chi connectivity index (χ4v) is 5.28. The van der Waals surface area contributed by atoms with Crippen molar-refractivity contribution in [1.29, 1.82) is 0 Å². The molecule has 0 radical (unpaired) electrons. The van der Waals surface area contributed by atoms with Gasteiger partial charge in [-0.05, 0) is 56.2 Å². The second-order valence-corrected chi connectivity index (χ2v) is 10.8. The molecule has 1 amide bonds. The number of benzene rings is 2. The molecule has 0 unspecified atom stereocenters. The standard InChI is InChI=1S/C28H39N11O3/c1-2-42-22-6-3-16(4-7-22)25(41)34-23-8-5-21(11-24(23)40)33-26-35-27(38-12-17(29)9-18(30)13-38)37-28(36-26)39-14-19(31)10-20(32)15-39/h3-8,11,17-20,40H,2,9-10,12-15,29-32H2,1H3,(H,34,41)(H,33,35,36,37)/t17-,18+,19-,20+. The second kappa shape index (κ2) is 12.7. The number of ether oxygens (including phenoxy) is 1. The predicted molar refractivity (Wildman–Crippen MR) is 162 cm³/mol. The van der Waals surface area contributed by atoms with Gasteiger partial charge in [0.15, 0.2) is 0 Å². The van der Waals surface area contributed by atoms with Crippen LogP contribution >= 0.6 is 0 Å². The van der Waals surface area contributed by atoms with Crippen LogP contribution in [0.4, 0.5) is 29.2 Å². The quantitative estimate of drug-likeness (QED) is 0.184. The Morgan fingerprint density at radius 3 is 1.93 bits per heavy atom. The maximum atomic E-state index is 12.7. The summed E-state index contributed by atoms with van der Waals surface area (Å²) < 4.78 is 5.42. The minimum absolute atomic E-state index is 0.107. The minimum Gasteiger partial charge on any atom is -0.506 e. The molecule has 2 aliphatic heterocycles. The van der Waals surface area contributed by atoms with Gasteiger partial charge in [0.2, 0.25) is 17.8 Å². The molecule has 0 spiro atoms. The van der Waals surface area contributed by atoms with Gasteiger partial charge in [0.25, 0.3) is 5.91 Å². The molecular formula is C28H39N11O3. The molecule has 14 nitrogen and oxygen atoms in total. The van der Waals surface area contributed by atoms with E-state index in [2.05, 4.69) is 20.6 Å². The van der Waals surface area contributed by atoms with E-state index in [1.165, 1.54) is 6.07 Å². The van der Waals surface area contributed by atoms with Crippen molar-refractivity contribution >= 4 is 35.1 Å². The van der Waals surface area contributed by atoms with Gasteiger partial charge in [-0.2, -0.15) is 15.0 Å². The smallest absolute Gasteiger partial charge is 0.255 e. The lowest BCUT2D eigenvalue weighted by atomic mass is 10.0. The Morgan fingerprint density at radius 1 is 0.881 bits per heavy atom. The van der Waals surface area contributed by atoms with Crippen LogP contribution in [0.2, 0.25) is 0 Å².